The quantitative estimate of drug-likeness (QED) is 0.830. The Kier molecular flexibility index (Phi) is 4.86. The average Bonchev–Trinajstić information content (AvgIpc) is 2.41. The summed E-state index contributed by atoms with van der Waals surface area (Å²) in [7, 11) is 0. The second kappa shape index (κ2) is 6.42. The summed E-state index contributed by atoms with van der Waals surface area (Å²) in [6.45, 7) is 2.06. The molecule has 0 aliphatic rings. The summed E-state index contributed by atoms with van der Waals surface area (Å²) in [6.07, 6.45) is 0. The summed E-state index contributed by atoms with van der Waals surface area (Å²) in [5.41, 5.74) is 7.14. The van der Waals surface area contributed by atoms with Crippen molar-refractivity contribution in [2.24, 2.45) is 5.73 Å². The summed E-state index contributed by atoms with van der Waals surface area (Å²) in [4.78, 5) is 1.12. The molecule has 2 atom stereocenters. The van der Waals surface area contributed by atoms with E-state index in [1.165, 1.54) is 12.1 Å². The zero-order valence-corrected chi connectivity index (χ0v) is 12.1. The highest BCUT2D eigenvalue weighted by Crippen LogP contribution is 2.31. The van der Waals surface area contributed by atoms with Gasteiger partial charge in [-0.25, -0.2) is 4.39 Å². The molecule has 0 aromatic heterocycles. The second-order valence-electron chi connectivity index (χ2n) is 4.35. The fourth-order valence-corrected chi connectivity index (χ4v) is 2.91. The first kappa shape index (κ1) is 14.4. The van der Waals surface area contributed by atoms with Crippen LogP contribution in [0.3, 0.4) is 0 Å². The van der Waals surface area contributed by atoms with Crippen molar-refractivity contribution in [3.63, 3.8) is 0 Å². The van der Waals surface area contributed by atoms with E-state index in [4.69, 9.17) is 17.3 Å². The minimum Gasteiger partial charge on any atom is -0.323 e. The van der Waals surface area contributed by atoms with Gasteiger partial charge in [-0.05, 0) is 42.0 Å². The lowest BCUT2D eigenvalue weighted by atomic mass is 10.1. The van der Waals surface area contributed by atoms with E-state index in [0.717, 1.165) is 15.5 Å². The SMILES string of the molecule is CC(Sc1ccc(Cl)cc1)C(N)c1ccc(F)cc1. The van der Waals surface area contributed by atoms with Crippen LogP contribution in [-0.2, 0) is 0 Å². The first-order valence-electron chi connectivity index (χ1n) is 5.99. The van der Waals surface area contributed by atoms with E-state index < -0.39 is 0 Å². The molecule has 2 unspecified atom stereocenters. The van der Waals surface area contributed by atoms with Crippen molar-refractivity contribution in [2.75, 3.05) is 0 Å². The van der Waals surface area contributed by atoms with Gasteiger partial charge in [0.1, 0.15) is 5.82 Å². The van der Waals surface area contributed by atoms with Gasteiger partial charge in [0.15, 0.2) is 0 Å². The Bertz CT molecular complexity index is 527. The average molecular weight is 296 g/mol. The lowest BCUT2D eigenvalue weighted by Crippen LogP contribution is -2.20. The molecule has 0 fully saturated rings. The number of thioether (sulfide) groups is 1. The fraction of sp³-hybridized carbons (Fsp3) is 0.200. The van der Waals surface area contributed by atoms with Crippen molar-refractivity contribution >= 4 is 23.4 Å². The molecule has 2 aromatic rings. The first-order valence-corrected chi connectivity index (χ1v) is 7.25. The van der Waals surface area contributed by atoms with E-state index in [1.807, 2.05) is 24.3 Å². The van der Waals surface area contributed by atoms with Crippen LogP contribution in [0.1, 0.15) is 18.5 Å². The van der Waals surface area contributed by atoms with Gasteiger partial charge in [0.2, 0.25) is 0 Å². The Morgan fingerprint density at radius 1 is 1.05 bits per heavy atom. The number of rotatable bonds is 4. The number of hydrogen-bond donors (Lipinski definition) is 1. The molecule has 0 radical (unpaired) electrons. The van der Waals surface area contributed by atoms with Crippen LogP contribution in [0.15, 0.2) is 53.4 Å². The topological polar surface area (TPSA) is 26.0 Å². The van der Waals surface area contributed by atoms with Crippen LogP contribution >= 0.6 is 23.4 Å². The van der Waals surface area contributed by atoms with Crippen molar-refractivity contribution in [2.45, 2.75) is 23.1 Å². The molecule has 2 rings (SSSR count). The summed E-state index contributed by atoms with van der Waals surface area (Å²) in [5, 5.41) is 0.909. The third-order valence-corrected chi connectivity index (χ3v) is 4.36. The van der Waals surface area contributed by atoms with Crippen molar-refractivity contribution in [3.8, 4) is 0 Å². The molecule has 4 heteroatoms. The highest BCUT2D eigenvalue weighted by molar-refractivity contribution is 8.00. The molecule has 2 aromatic carbocycles. The third-order valence-electron chi connectivity index (χ3n) is 2.90. The van der Waals surface area contributed by atoms with Crippen LogP contribution in [-0.4, -0.2) is 5.25 Å². The largest absolute Gasteiger partial charge is 0.323 e. The predicted molar refractivity (Wildman–Crippen MR) is 80.1 cm³/mol. The Morgan fingerprint density at radius 3 is 2.21 bits per heavy atom. The third kappa shape index (κ3) is 3.96. The van der Waals surface area contributed by atoms with Gasteiger partial charge in [-0.1, -0.05) is 30.7 Å². The maximum Gasteiger partial charge on any atom is 0.123 e. The molecule has 0 amide bonds. The van der Waals surface area contributed by atoms with Crippen molar-refractivity contribution in [1.29, 1.82) is 0 Å². The number of benzene rings is 2. The molecule has 2 N–H and O–H groups in total. The molecule has 0 saturated heterocycles. The Labute approximate surface area is 122 Å². The zero-order chi connectivity index (χ0) is 13.8. The highest BCUT2D eigenvalue weighted by Gasteiger charge is 2.16. The Balaban J connectivity index is 2.04. The van der Waals surface area contributed by atoms with Crippen LogP contribution < -0.4 is 5.73 Å². The second-order valence-corrected chi connectivity index (χ2v) is 6.24. The van der Waals surface area contributed by atoms with Gasteiger partial charge in [0, 0.05) is 21.2 Å². The fourth-order valence-electron chi connectivity index (χ4n) is 1.76. The molecule has 0 aliphatic heterocycles. The maximum atomic E-state index is 12.9. The highest BCUT2D eigenvalue weighted by atomic mass is 35.5. The van der Waals surface area contributed by atoms with Crippen LogP contribution in [0, 0.1) is 5.82 Å². The van der Waals surface area contributed by atoms with Gasteiger partial charge in [-0.15, -0.1) is 11.8 Å². The van der Waals surface area contributed by atoms with Gasteiger partial charge in [0.25, 0.3) is 0 Å². The van der Waals surface area contributed by atoms with Crippen LogP contribution in [0.5, 0.6) is 0 Å². The maximum absolute atomic E-state index is 12.9. The molecule has 19 heavy (non-hydrogen) atoms. The van der Waals surface area contributed by atoms with Crippen molar-refractivity contribution in [1.82, 2.24) is 0 Å². The smallest absolute Gasteiger partial charge is 0.123 e. The van der Waals surface area contributed by atoms with Crippen LogP contribution in [0.2, 0.25) is 5.02 Å². The summed E-state index contributed by atoms with van der Waals surface area (Å²) in [5.74, 6) is -0.242. The Morgan fingerprint density at radius 2 is 1.63 bits per heavy atom. The molecule has 100 valence electrons. The monoisotopic (exact) mass is 295 g/mol. The molecule has 0 saturated carbocycles. The number of halogens is 2. The first-order chi connectivity index (χ1) is 9.06. The minimum absolute atomic E-state index is 0.138. The van der Waals surface area contributed by atoms with Crippen molar-refractivity contribution < 1.29 is 4.39 Å². The summed E-state index contributed by atoms with van der Waals surface area (Å²) >= 11 is 7.53. The van der Waals surface area contributed by atoms with Gasteiger partial charge in [0.05, 0.1) is 0 Å². The Hall–Kier alpha value is -1.03. The number of nitrogens with two attached hydrogens (primary N) is 1. The zero-order valence-electron chi connectivity index (χ0n) is 10.5. The molecule has 0 aliphatic carbocycles. The number of hydrogen-bond acceptors (Lipinski definition) is 2. The molecule has 1 nitrogen and oxygen atoms in total. The van der Waals surface area contributed by atoms with Crippen LogP contribution in [0.4, 0.5) is 4.39 Å². The van der Waals surface area contributed by atoms with E-state index in [2.05, 4.69) is 6.92 Å². The lowest BCUT2D eigenvalue weighted by Gasteiger charge is -2.20. The van der Waals surface area contributed by atoms with Crippen LogP contribution in [0.25, 0.3) is 0 Å². The molecular formula is C15H15ClFNS. The van der Waals surface area contributed by atoms with Gasteiger partial charge >= 0.3 is 0 Å². The van der Waals surface area contributed by atoms with Gasteiger partial charge in [-0.3, -0.25) is 0 Å². The minimum atomic E-state index is -0.242. The van der Waals surface area contributed by atoms with E-state index in [0.29, 0.717) is 0 Å². The molecular weight excluding hydrogens is 281 g/mol. The molecule has 0 heterocycles. The van der Waals surface area contributed by atoms with Crippen molar-refractivity contribution in [3.05, 3.63) is 64.9 Å². The lowest BCUT2D eigenvalue weighted by molar-refractivity contribution is 0.624. The van der Waals surface area contributed by atoms with E-state index in [-0.39, 0.29) is 17.1 Å². The molecule has 0 spiro atoms. The molecule has 0 bridgehead atoms. The standard InChI is InChI=1S/C15H15ClFNS/c1-10(19-14-8-4-12(16)5-9-14)15(18)11-2-6-13(17)7-3-11/h2-10,15H,18H2,1H3. The summed E-state index contributed by atoms with van der Waals surface area (Å²) in [6, 6.07) is 13.9. The predicted octanol–water partition coefficient (Wildman–Crippen LogP) is 4.66. The van der Waals surface area contributed by atoms with E-state index in [9.17, 15) is 4.39 Å². The van der Waals surface area contributed by atoms with E-state index >= 15 is 0 Å². The van der Waals surface area contributed by atoms with Gasteiger partial charge in [-0.2, -0.15) is 0 Å². The summed E-state index contributed by atoms with van der Waals surface area (Å²) < 4.78 is 12.9. The normalized spacial score (nSPS) is 14.1. The van der Waals surface area contributed by atoms with E-state index in [1.54, 1.807) is 23.9 Å². The van der Waals surface area contributed by atoms with Gasteiger partial charge < -0.3 is 5.73 Å².